The van der Waals surface area contributed by atoms with Gasteiger partial charge in [0.1, 0.15) is 6.10 Å². The summed E-state index contributed by atoms with van der Waals surface area (Å²) in [5, 5.41) is 0. The highest BCUT2D eigenvalue weighted by molar-refractivity contribution is 7.47. The summed E-state index contributed by atoms with van der Waals surface area (Å²) in [5.74, 6) is 0. The zero-order chi connectivity index (χ0) is 30.1. The molecule has 41 heavy (non-hydrogen) atoms. The summed E-state index contributed by atoms with van der Waals surface area (Å²) in [6, 6.07) is 0. The summed E-state index contributed by atoms with van der Waals surface area (Å²) >= 11 is 0. The van der Waals surface area contributed by atoms with Gasteiger partial charge in [-0.15, -0.1) is 0 Å². The maximum atomic E-state index is 12.0. The maximum absolute atomic E-state index is 12.0. The van der Waals surface area contributed by atoms with Crippen molar-refractivity contribution in [3.05, 3.63) is 0 Å². The third-order valence-corrected chi connectivity index (χ3v) is 8.58. The van der Waals surface area contributed by atoms with Crippen LogP contribution in [0.2, 0.25) is 0 Å². The van der Waals surface area contributed by atoms with Crippen molar-refractivity contribution >= 4 is 7.82 Å². The van der Waals surface area contributed by atoms with Gasteiger partial charge in [0.25, 0.3) is 0 Å². The van der Waals surface area contributed by atoms with E-state index in [0.29, 0.717) is 19.8 Å². The quantitative estimate of drug-likeness (QED) is 0.0546. The Kier molecular flexibility index (Phi) is 32.9. The first-order valence-corrected chi connectivity index (χ1v) is 19.1. The monoisotopic (exact) mass is 607 g/mol. The van der Waals surface area contributed by atoms with Crippen molar-refractivity contribution < 1.29 is 28.0 Å². The normalized spacial score (nSPS) is 14.0. The Hall–Kier alpha value is -0.0100. The van der Waals surface area contributed by atoms with Crippen LogP contribution in [0.4, 0.5) is 0 Å². The molecule has 1 unspecified atom stereocenters. The van der Waals surface area contributed by atoms with Crippen LogP contribution in [0.15, 0.2) is 0 Å². The Morgan fingerprint density at radius 1 is 0.537 bits per heavy atom. The number of hydrogen-bond donors (Lipinski definition) is 2. The van der Waals surface area contributed by atoms with Gasteiger partial charge in [-0.25, -0.2) is 4.57 Å². The standard InChI is InChI=1S/C33H70NO6P/c1-3-5-7-9-11-13-15-17-19-21-23-25-28-37-31-33(32-40-41(35,36)39-30-27-34)38-29-26-24-22-20-18-16-14-12-10-8-6-4-2/h33H,3-32,34H2,1-2H3,(H,35,36)/t33-/m1/s1. The summed E-state index contributed by atoms with van der Waals surface area (Å²) in [6.07, 6.45) is 30.9. The second-order valence-corrected chi connectivity index (χ2v) is 13.2. The highest BCUT2D eigenvalue weighted by Crippen LogP contribution is 2.43. The fraction of sp³-hybridized carbons (Fsp3) is 1.00. The number of rotatable bonds is 35. The lowest BCUT2D eigenvalue weighted by atomic mass is 10.1. The van der Waals surface area contributed by atoms with Crippen LogP contribution in [0, 0.1) is 0 Å². The maximum Gasteiger partial charge on any atom is 0.472 e. The fourth-order valence-corrected chi connectivity index (χ4v) is 5.75. The minimum atomic E-state index is -4.12. The Balaban J connectivity index is 3.94. The number of phosphoric ester groups is 1. The molecule has 0 aliphatic rings. The van der Waals surface area contributed by atoms with E-state index in [2.05, 4.69) is 13.8 Å². The van der Waals surface area contributed by atoms with E-state index >= 15 is 0 Å². The molecule has 0 amide bonds. The van der Waals surface area contributed by atoms with Crippen molar-refractivity contribution in [2.24, 2.45) is 5.73 Å². The molecule has 3 N–H and O–H groups in total. The largest absolute Gasteiger partial charge is 0.472 e. The fourth-order valence-electron chi connectivity index (χ4n) is 4.98. The van der Waals surface area contributed by atoms with Crippen LogP contribution in [0.3, 0.4) is 0 Å². The molecule has 0 rings (SSSR count). The van der Waals surface area contributed by atoms with E-state index < -0.39 is 7.82 Å². The molecule has 0 saturated carbocycles. The average Bonchev–Trinajstić information content (AvgIpc) is 2.97. The van der Waals surface area contributed by atoms with Crippen molar-refractivity contribution in [2.75, 3.05) is 39.6 Å². The van der Waals surface area contributed by atoms with E-state index in [1.807, 2.05) is 0 Å². The Morgan fingerprint density at radius 3 is 1.34 bits per heavy atom. The third-order valence-electron chi connectivity index (χ3n) is 7.59. The molecule has 248 valence electrons. The van der Waals surface area contributed by atoms with Crippen molar-refractivity contribution in [1.29, 1.82) is 0 Å². The van der Waals surface area contributed by atoms with E-state index in [9.17, 15) is 9.46 Å². The summed E-state index contributed by atoms with van der Waals surface area (Å²) in [7, 11) is -4.12. The number of ether oxygens (including phenoxy) is 2. The zero-order valence-electron chi connectivity index (χ0n) is 27.3. The molecule has 0 aromatic carbocycles. The first-order valence-electron chi connectivity index (χ1n) is 17.6. The second-order valence-electron chi connectivity index (χ2n) is 11.7. The molecule has 2 atom stereocenters. The number of unbranched alkanes of at least 4 members (excludes halogenated alkanes) is 22. The Bertz CT molecular complexity index is 554. The topological polar surface area (TPSA) is 100 Å². The number of hydrogen-bond acceptors (Lipinski definition) is 6. The van der Waals surface area contributed by atoms with Gasteiger partial charge in [0, 0.05) is 19.8 Å². The molecular formula is C33H70NO6P. The summed E-state index contributed by atoms with van der Waals surface area (Å²) in [4.78, 5) is 9.83. The molecule has 0 aromatic heterocycles. The van der Waals surface area contributed by atoms with E-state index in [1.54, 1.807) is 0 Å². The third kappa shape index (κ3) is 32.7. The van der Waals surface area contributed by atoms with Crippen molar-refractivity contribution in [2.45, 2.75) is 174 Å². The lowest BCUT2D eigenvalue weighted by Crippen LogP contribution is -2.26. The van der Waals surface area contributed by atoms with Gasteiger partial charge in [-0.3, -0.25) is 9.05 Å². The molecule has 0 spiro atoms. The van der Waals surface area contributed by atoms with Crippen LogP contribution < -0.4 is 5.73 Å². The van der Waals surface area contributed by atoms with Gasteiger partial charge in [-0.2, -0.15) is 0 Å². The van der Waals surface area contributed by atoms with E-state index in [4.69, 9.17) is 24.3 Å². The molecule has 0 aliphatic carbocycles. The summed E-state index contributed by atoms with van der Waals surface area (Å²) in [5.41, 5.74) is 5.36. The van der Waals surface area contributed by atoms with Gasteiger partial charge >= 0.3 is 7.82 Å². The van der Waals surface area contributed by atoms with Crippen LogP contribution in [-0.2, 0) is 23.1 Å². The van der Waals surface area contributed by atoms with Gasteiger partial charge in [0.15, 0.2) is 0 Å². The van der Waals surface area contributed by atoms with Gasteiger partial charge in [-0.05, 0) is 12.8 Å². The van der Waals surface area contributed by atoms with Gasteiger partial charge in [0.05, 0.1) is 19.8 Å². The molecule has 8 heteroatoms. The molecule has 0 saturated heterocycles. The average molecular weight is 608 g/mol. The molecule has 0 aromatic rings. The molecule has 7 nitrogen and oxygen atoms in total. The number of phosphoric acid groups is 1. The van der Waals surface area contributed by atoms with Gasteiger partial charge in [0.2, 0.25) is 0 Å². The SMILES string of the molecule is CCCCCCCCCCCCCCOC[C@H](COP(=O)(O)OCCN)OCCCCCCCCCCCCCC. The van der Waals surface area contributed by atoms with E-state index in [0.717, 1.165) is 19.3 Å². The molecular weight excluding hydrogens is 537 g/mol. The zero-order valence-corrected chi connectivity index (χ0v) is 28.2. The summed E-state index contributed by atoms with van der Waals surface area (Å²) in [6.45, 7) is 6.28. The predicted molar refractivity (Wildman–Crippen MR) is 173 cm³/mol. The second kappa shape index (κ2) is 32.9. The lowest BCUT2D eigenvalue weighted by Gasteiger charge is -2.20. The van der Waals surface area contributed by atoms with Crippen molar-refractivity contribution in [3.63, 3.8) is 0 Å². The van der Waals surface area contributed by atoms with Crippen LogP contribution in [-0.4, -0.2) is 50.6 Å². The van der Waals surface area contributed by atoms with Crippen LogP contribution >= 0.6 is 7.82 Å². The Labute approximate surface area is 255 Å². The van der Waals surface area contributed by atoms with Crippen LogP contribution in [0.5, 0.6) is 0 Å². The predicted octanol–water partition coefficient (Wildman–Crippen LogP) is 9.88. The molecule has 0 heterocycles. The smallest absolute Gasteiger partial charge is 0.379 e. The van der Waals surface area contributed by atoms with Crippen LogP contribution in [0.1, 0.15) is 168 Å². The van der Waals surface area contributed by atoms with Crippen molar-refractivity contribution in [3.8, 4) is 0 Å². The molecule has 0 radical (unpaired) electrons. The van der Waals surface area contributed by atoms with Crippen LogP contribution in [0.25, 0.3) is 0 Å². The molecule has 0 aliphatic heterocycles. The lowest BCUT2D eigenvalue weighted by molar-refractivity contribution is -0.0443. The van der Waals surface area contributed by atoms with E-state index in [1.165, 1.54) is 135 Å². The number of nitrogens with two attached hydrogens (primary N) is 1. The van der Waals surface area contributed by atoms with Crippen molar-refractivity contribution in [1.82, 2.24) is 0 Å². The first-order chi connectivity index (χ1) is 20.1. The Morgan fingerprint density at radius 2 is 0.927 bits per heavy atom. The highest BCUT2D eigenvalue weighted by Gasteiger charge is 2.23. The first kappa shape index (κ1) is 41.0. The molecule has 0 fully saturated rings. The highest BCUT2D eigenvalue weighted by atomic mass is 31.2. The minimum absolute atomic E-state index is 0.0202. The summed E-state index contributed by atoms with van der Waals surface area (Å²) < 4.78 is 33.9. The molecule has 0 bridgehead atoms. The minimum Gasteiger partial charge on any atom is -0.379 e. The van der Waals surface area contributed by atoms with Gasteiger partial charge in [-0.1, -0.05) is 155 Å². The van der Waals surface area contributed by atoms with Gasteiger partial charge < -0.3 is 20.1 Å². The van der Waals surface area contributed by atoms with E-state index in [-0.39, 0.29) is 25.9 Å².